The molecule has 140 valence electrons. The van der Waals surface area contributed by atoms with Gasteiger partial charge in [-0.05, 0) is 31.5 Å². The first kappa shape index (κ1) is 16.2. The normalized spacial score (nSPS) is 17.0. The molecule has 27 heavy (non-hydrogen) atoms. The van der Waals surface area contributed by atoms with Crippen molar-refractivity contribution in [1.29, 1.82) is 0 Å². The van der Waals surface area contributed by atoms with Gasteiger partial charge in [0.2, 0.25) is 0 Å². The summed E-state index contributed by atoms with van der Waals surface area (Å²) < 4.78 is 5.44. The molecule has 0 aliphatic carbocycles. The molecule has 0 atom stereocenters. The number of aromatic nitrogens is 4. The van der Waals surface area contributed by atoms with Crippen LogP contribution in [0.3, 0.4) is 0 Å². The summed E-state index contributed by atoms with van der Waals surface area (Å²) in [7, 11) is 0. The molecule has 0 saturated carbocycles. The van der Waals surface area contributed by atoms with Crippen LogP contribution >= 0.6 is 0 Å². The van der Waals surface area contributed by atoms with E-state index in [4.69, 9.17) is 4.52 Å². The standard InChI is InChI=1S/C18H21N7O2/c26-18(21-4-1-11-7-19-8-11)15-13-9-25(6-3-14(13)27-24-15)17-12-2-5-20-16(12)22-10-23-17/h2,5,10-11,19H,1,3-4,6-9H2,(H,21,26)(H,20,22,23). The minimum atomic E-state index is -0.163. The highest BCUT2D eigenvalue weighted by Gasteiger charge is 2.29. The van der Waals surface area contributed by atoms with Gasteiger partial charge >= 0.3 is 0 Å². The Hall–Kier alpha value is -2.94. The molecule has 2 aliphatic heterocycles. The lowest BCUT2D eigenvalue weighted by Crippen LogP contribution is -2.43. The Morgan fingerprint density at radius 2 is 2.30 bits per heavy atom. The summed E-state index contributed by atoms with van der Waals surface area (Å²) in [5.41, 5.74) is 2.05. The first-order valence-electron chi connectivity index (χ1n) is 9.29. The van der Waals surface area contributed by atoms with Crippen molar-refractivity contribution in [1.82, 2.24) is 30.7 Å². The number of carbonyl (C=O) groups excluding carboxylic acids is 1. The van der Waals surface area contributed by atoms with Crippen LogP contribution in [0.25, 0.3) is 11.0 Å². The smallest absolute Gasteiger partial charge is 0.273 e. The lowest BCUT2D eigenvalue weighted by molar-refractivity contribution is 0.0940. The molecule has 1 fully saturated rings. The van der Waals surface area contributed by atoms with Gasteiger partial charge in [0.05, 0.1) is 11.9 Å². The molecule has 3 aromatic rings. The van der Waals surface area contributed by atoms with Crippen molar-refractivity contribution in [3.63, 3.8) is 0 Å². The Balaban J connectivity index is 1.33. The highest BCUT2D eigenvalue weighted by molar-refractivity contribution is 5.94. The molecule has 1 amide bonds. The third-order valence-corrected chi connectivity index (χ3v) is 5.38. The minimum Gasteiger partial charge on any atom is -0.360 e. The number of H-pyrrole nitrogens is 1. The van der Waals surface area contributed by atoms with E-state index in [1.165, 1.54) is 0 Å². The van der Waals surface area contributed by atoms with Gasteiger partial charge in [0.1, 0.15) is 23.6 Å². The topological polar surface area (TPSA) is 112 Å². The van der Waals surface area contributed by atoms with E-state index < -0.39 is 0 Å². The second-order valence-corrected chi connectivity index (χ2v) is 7.11. The highest BCUT2D eigenvalue weighted by atomic mass is 16.5. The number of hydrogen-bond donors (Lipinski definition) is 3. The van der Waals surface area contributed by atoms with Crippen LogP contribution in [0.15, 0.2) is 23.1 Å². The maximum absolute atomic E-state index is 12.6. The lowest BCUT2D eigenvalue weighted by atomic mass is 9.99. The Labute approximate surface area is 155 Å². The molecular weight excluding hydrogens is 346 g/mol. The summed E-state index contributed by atoms with van der Waals surface area (Å²) in [4.78, 5) is 26.5. The predicted molar refractivity (Wildman–Crippen MR) is 98.5 cm³/mol. The fourth-order valence-electron chi connectivity index (χ4n) is 3.71. The number of rotatable bonds is 5. The van der Waals surface area contributed by atoms with Crippen LogP contribution in [0.1, 0.15) is 28.2 Å². The maximum atomic E-state index is 12.6. The molecule has 5 heterocycles. The molecule has 9 heteroatoms. The summed E-state index contributed by atoms with van der Waals surface area (Å²) in [6, 6.07) is 1.97. The fraction of sp³-hybridized carbons (Fsp3) is 0.444. The molecule has 0 aromatic carbocycles. The van der Waals surface area contributed by atoms with Gasteiger partial charge < -0.3 is 25.0 Å². The highest BCUT2D eigenvalue weighted by Crippen LogP contribution is 2.29. The molecule has 0 unspecified atom stereocenters. The van der Waals surface area contributed by atoms with E-state index in [1.54, 1.807) is 6.33 Å². The lowest BCUT2D eigenvalue weighted by Gasteiger charge is -2.27. The molecule has 0 spiro atoms. The van der Waals surface area contributed by atoms with Crippen molar-refractivity contribution in [2.75, 3.05) is 31.1 Å². The largest absolute Gasteiger partial charge is 0.360 e. The number of aromatic amines is 1. The van der Waals surface area contributed by atoms with E-state index in [-0.39, 0.29) is 5.91 Å². The van der Waals surface area contributed by atoms with Gasteiger partial charge in [-0.15, -0.1) is 0 Å². The van der Waals surface area contributed by atoms with Gasteiger partial charge in [-0.3, -0.25) is 4.79 Å². The van der Waals surface area contributed by atoms with Crippen molar-refractivity contribution in [3.8, 4) is 0 Å². The molecular formula is C18H21N7O2. The third kappa shape index (κ3) is 2.93. The molecule has 5 rings (SSSR count). The second-order valence-electron chi connectivity index (χ2n) is 7.11. The summed E-state index contributed by atoms with van der Waals surface area (Å²) in [6.07, 6.45) is 5.09. The van der Waals surface area contributed by atoms with E-state index in [2.05, 4.69) is 35.6 Å². The fourth-order valence-corrected chi connectivity index (χ4v) is 3.71. The second kappa shape index (κ2) is 6.66. The SMILES string of the molecule is O=C(NCCC1CNC1)c1noc2c1CN(c1ncnc3[nH]ccc13)CC2. The van der Waals surface area contributed by atoms with Crippen LogP contribution in [0.2, 0.25) is 0 Å². The van der Waals surface area contributed by atoms with Gasteiger partial charge in [-0.2, -0.15) is 0 Å². The summed E-state index contributed by atoms with van der Waals surface area (Å²) in [6.45, 7) is 4.04. The average Bonchev–Trinajstić information content (AvgIpc) is 3.29. The number of carbonyl (C=O) groups is 1. The van der Waals surface area contributed by atoms with E-state index in [9.17, 15) is 4.79 Å². The Kier molecular flexibility index (Phi) is 4.01. The summed E-state index contributed by atoms with van der Waals surface area (Å²) in [5, 5.41) is 11.2. The van der Waals surface area contributed by atoms with Gasteiger partial charge in [0.25, 0.3) is 5.91 Å². The molecule has 2 aliphatic rings. The van der Waals surface area contributed by atoms with E-state index in [0.29, 0.717) is 31.1 Å². The van der Waals surface area contributed by atoms with Gasteiger partial charge in [-0.25, -0.2) is 9.97 Å². The zero-order valence-corrected chi connectivity index (χ0v) is 14.9. The molecule has 0 bridgehead atoms. The molecule has 3 aromatic heterocycles. The van der Waals surface area contributed by atoms with Crippen molar-refractivity contribution in [2.45, 2.75) is 19.4 Å². The minimum absolute atomic E-state index is 0.163. The maximum Gasteiger partial charge on any atom is 0.273 e. The molecule has 9 nitrogen and oxygen atoms in total. The number of amides is 1. The number of nitrogens with one attached hydrogen (secondary N) is 3. The number of hydrogen-bond acceptors (Lipinski definition) is 7. The van der Waals surface area contributed by atoms with E-state index in [0.717, 1.165) is 54.2 Å². The van der Waals surface area contributed by atoms with Crippen molar-refractivity contribution in [2.24, 2.45) is 5.92 Å². The zero-order chi connectivity index (χ0) is 18.2. The Morgan fingerprint density at radius 1 is 1.37 bits per heavy atom. The molecule has 0 radical (unpaired) electrons. The van der Waals surface area contributed by atoms with Gasteiger partial charge in [0, 0.05) is 31.3 Å². The first-order valence-corrected chi connectivity index (χ1v) is 9.29. The zero-order valence-electron chi connectivity index (χ0n) is 14.9. The van der Waals surface area contributed by atoms with Gasteiger partial charge in [-0.1, -0.05) is 5.16 Å². The van der Waals surface area contributed by atoms with Crippen molar-refractivity contribution >= 4 is 22.8 Å². The van der Waals surface area contributed by atoms with Crippen LogP contribution in [0.5, 0.6) is 0 Å². The number of nitrogens with zero attached hydrogens (tertiary/aromatic N) is 4. The van der Waals surface area contributed by atoms with Crippen LogP contribution in [-0.4, -0.2) is 52.2 Å². The van der Waals surface area contributed by atoms with Crippen molar-refractivity contribution in [3.05, 3.63) is 35.6 Å². The monoisotopic (exact) mass is 367 g/mol. The third-order valence-electron chi connectivity index (χ3n) is 5.38. The van der Waals surface area contributed by atoms with E-state index in [1.807, 2.05) is 12.3 Å². The first-order chi connectivity index (χ1) is 13.3. The van der Waals surface area contributed by atoms with Crippen LogP contribution in [0.4, 0.5) is 5.82 Å². The van der Waals surface area contributed by atoms with Crippen molar-refractivity contribution < 1.29 is 9.32 Å². The quantitative estimate of drug-likeness (QED) is 0.613. The number of fused-ring (bicyclic) bond motifs is 2. The summed E-state index contributed by atoms with van der Waals surface area (Å²) >= 11 is 0. The Bertz CT molecular complexity index is 975. The van der Waals surface area contributed by atoms with Crippen LogP contribution in [-0.2, 0) is 13.0 Å². The number of anilines is 1. The summed E-state index contributed by atoms with van der Waals surface area (Å²) in [5.74, 6) is 2.15. The van der Waals surface area contributed by atoms with E-state index >= 15 is 0 Å². The van der Waals surface area contributed by atoms with Crippen LogP contribution in [0, 0.1) is 5.92 Å². The molecule has 3 N–H and O–H groups in total. The molecule has 1 saturated heterocycles. The van der Waals surface area contributed by atoms with Crippen LogP contribution < -0.4 is 15.5 Å². The van der Waals surface area contributed by atoms with Gasteiger partial charge in [0.15, 0.2) is 5.69 Å². The Morgan fingerprint density at radius 3 is 3.15 bits per heavy atom. The average molecular weight is 367 g/mol. The predicted octanol–water partition coefficient (Wildman–Crippen LogP) is 0.848.